The van der Waals surface area contributed by atoms with Gasteiger partial charge in [-0.25, -0.2) is 0 Å². The second kappa shape index (κ2) is 6.42. The number of carbonyl (C=O) groups is 1. The SMILES string of the molecule is O=C1CCCCCCC1Cc1ccc(C(F)(F)F)cc1. The van der Waals surface area contributed by atoms with Crippen LogP contribution in [0.4, 0.5) is 13.2 Å². The summed E-state index contributed by atoms with van der Waals surface area (Å²) in [6.45, 7) is 0. The topological polar surface area (TPSA) is 17.1 Å². The molecule has 1 aromatic carbocycles. The van der Waals surface area contributed by atoms with Gasteiger partial charge < -0.3 is 0 Å². The molecular weight excluding hydrogens is 265 g/mol. The van der Waals surface area contributed by atoms with Crippen LogP contribution in [0.2, 0.25) is 0 Å². The molecule has 0 radical (unpaired) electrons. The maximum Gasteiger partial charge on any atom is 0.416 e. The summed E-state index contributed by atoms with van der Waals surface area (Å²) >= 11 is 0. The van der Waals surface area contributed by atoms with Crippen LogP contribution in [0.5, 0.6) is 0 Å². The van der Waals surface area contributed by atoms with E-state index in [1.165, 1.54) is 12.1 Å². The molecule has 1 aliphatic carbocycles. The molecule has 1 unspecified atom stereocenters. The Morgan fingerprint density at radius 2 is 1.65 bits per heavy atom. The predicted molar refractivity (Wildman–Crippen MR) is 71.3 cm³/mol. The van der Waals surface area contributed by atoms with E-state index in [0.29, 0.717) is 12.8 Å². The molecule has 1 aliphatic rings. The molecule has 0 N–H and O–H groups in total. The lowest BCUT2D eigenvalue weighted by Crippen LogP contribution is -2.18. The normalized spacial score (nSPS) is 21.4. The minimum atomic E-state index is -4.30. The molecular formula is C16H19F3O. The van der Waals surface area contributed by atoms with Crippen molar-refractivity contribution in [1.82, 2.24) is 0 Å². The highest BCUT2D eigenvalue weighted by molar-refractivity contribution is 5.81. The van der Waals surface area contributed by atoms with Crippen molar-refractivity contribution in [3.05, 3.63) is 35.4 Å². The fraction of sp³-hybridized carbons (Fsp3) is 0.562. The second-order valence-electron chi connectivity index (χ2n) is 5.51. The van der Waals surface area contributed by atoms with Crippen LogP contribution in [0.3, 0.4) is 0 Å². The predicted octanol–water partition coefficient (Wildman–Crippen LogP) is 4.79. The first kappa shape index (κ1) is 15.1. The fourth-order valence-corrected chi connectivity index (χ4v) is 2.74. The smallest absolute Gasteiger partial charge is 0.299 e. The van der Waals surface area contributed by atoms with Crippen molar-refractivity contribution in [2.45, 2.75) is 51.1 Å². The first-order valence-electron chi connectivity index (χ1n) is 7.15. The number of halogens is 3. The molecule has 0 spiro atoms. The molecule has 20 heavy (non-hydrogen) atoms. The first-order chi connectivity index (χ1) is 9.47. The van der Waals surface area contributed by atoms with Gasteiger partial charge in [-0.1, -0.05) is 31.4 Å². The summed E-state index contributed by atoms with van der Waals surface area (Å²) in [6.07, 6.45) is 1.99. The van der Waals surface area contributed by atoms with Gasteiger partial charge in [0.1, 0.15) is 5.78 Å². The Bertz CT molecular complexity index is 448. The van der Waals surface area contributed by atoms with Crippen LogP contribution in [0.1, 0.15) is 49.7 Å². The summed E-state index contributed by atoms with van der Waals surface area (Å²) in [5.41, 5.74) is 0.183. The van der Waals surface area contributed by atoms with Gasteiger partial charge in [0, 0.05) is 12.3 Å². The molecule has 110 valence electrons. The van der Waals surface area contributed by atoms with Crippen molar-refractivity contribution in [3.63, 3.8) is 0 Å². The van der Waals surface area contributed by atoms with Gasteiger partial charge in [0.05, 0.1) is 5.56 Å². The fourth-order valence-electron chi connectivity index (χ4n) is 2.74. The van der Waals surface area contributed by atoms with Crippen LogP contribution in [0.15, 0.2) is 24.3 Å². The van der Waals surface area contributed by atoms with E-state index >= 15 is 0 Å². The molecule has 0 saturated heterocycles. The highest BCUT2D eigenvalue weighted by atomic mass is 19.4. The maximum atomic E-state index is 12.5. The minimum Gasteiger partial charge on any atom is -0.299 e. The molecule has 1 atom stereocenters. The number of Topliss-reactive ketones (excluding diaryl/α,β-unsaturated/α-hetero) is 1. The summed E-state index contributed by atoms with van der Waals surface area (Å²) in [4.78, 5) is 12.0. The monoisotopic (exact) mass is 284 g/mol. The van der Waals surface area contributed by atoms with Gasteiger partial charge in [-0.2, -0.15) is 13.2 Å². The second-order valence-corrected chi connectivity index (χ2v) is 5.51. The average Bonchev–Trinajstić information content (AvgIpc) is 2.38. The molecule has 2 rings (SSSR count). The van der Waals surface area contributed by atoms with Crippen LogP contribution in [-0.4, -0.2) is 5.78 Å². The highest BCUT2D eigenvalue weighted by Crippen LogP contribution is 2.30. The molecule has 0 heterocycles. The van der Waals surface area contributed by atoms with E-state index in [1.807, 2.05) is 0 Å². The third-order valence-corrected chi connectivity index (χ3v) is 3.94. The number of rotatable bonds is 2. The number of hydrogen-bond donors (Lipinski definition) is 0. The Hall–Kier alpha value is -1.32. The van der Waals surface area contributed by atoms with Crippen LogP contribution < -0.4 is 0 Å². The molecule has 1 aromatic rings. The van der Waals surface area contributed by atoms with E-state index in [-0.39, 0.29) is 11.7 Å². The van der Waals surface area contributed by atoms with Gasteiger partial charge >= 0.3 is 6.18 Å². The van der Waals surface area contributed by atoms with E-state index in [0.717, 1.165) is 49.8 Å². The van der Waals surface area contributed by atoms with Crippen molar-refractivity contribution < 1.29 is 18.0 Å². The largest absolute Gasteiger partial charge is 0.416 e. The Morgan fingerprint density at radius 3 is 2.30 bits per heavy atom. The van der Waals surface area contributed by atoms with Crippen molar-refractivity contribution in [2.24, 2.45) is 5.92 Å². The quantitative estimate of drug-likeness (QED) is 0.763. The number of carbonyl (C=O) groups excluding carboxylic acids is 1. The van der Waals surface area contributed by atoms with Gasteiger partial charge in [-0.05, 0) is 37.0 Å². The molecule has 1 nitrogen and oxygen atoms in total. The molecule has 0 amide bonds. The zero-order valence-electron chi connectivity index (χ0n) is 11.4. The maximum absolute atomic E-state index is 12.5. The zero-order chi connectivity index (χ0) is 14.6. The van der Waals surface area contributed by atoms with Crippen LogP contribution >= 0.6 is 0 Å². The summed E-state index contributed by atoms with van der Waals surface area (Å²) < 4.78 is 37.5. The standard InChI is InChI=1S/C16H19F3O/c17-16(18,19)14-9-7-12(8-10-14)11-13-5-3-1-2-4-6-15(13)20/h7-10,13H,1-6,11H2. The van der Waals surface area contributed by atoms with E-state index < -0.39 is 11.7 Å². The van der Waals surface area contributed by atoms with Gasteiger partial charge in [0.15, 0.2) is 0 Å². The number of alkyl halides is 3. The number of benzene rings is 1. The Kier molecular flexibility index (Phi) is 4.84. The Labute approximate surface area is 117 Å². The molecule has 1 saturated carbocycles. The summed E-state index contributed by atoms with van der Waals surface area (Å²) in [5, 5.41) is 0. The lowest BCUT2D eigenvalue weighted by molar-refractivity contribution is -0.137. The van der Waals surface area contributed by atoms with Crippen LogP contribution in [0.25, 0.3) is 0 Å². The van der Waals surface area contributed by atoms with Crippen molar-refractivity contribution in [1.29, 1.82) is 0 Å². The first-order valence-corrected chi connectivity index (χ1v) is 7.15. The third-order valence-electron chi connectivity index (χ3n) is 3.94. The number of ketones is 1. The molecule has 0 aliphatic heterocycles. The third kappa shape index (κ3) is 4.09. The summed E-state index contributed by atoms with van der Waals surface area (Å²) in [5.74, 6) is 0.247. The molecule has 4 heteroatoms. The van der Waals surface area contributed by atoms with Crippen LogP contribution in [-0.2, 0) is 17.4 Å². The van der Waals surface area contributed by atoms with E-state index in [9.17, 15) is 18.0 Å². The van der Waals surface area contributed by atoms with Gasteiger partial charge in [0.25, 0.3) is 0 Å². The van der Waals surface area contributed by atoms with E-state index in [4.69, 9.17) is 0 Å². The van der Waals surface area contributed by atoms with Crippen molar-refractivity contribution in [3.8, 4) is 0 Å². The zero-order valence-corrected chi connectivity index (χ0v) is 11.4. The van der Waals surface area contributed by atoms with E-state index in [1.54, 1.807) is 0 Å². The molecule has 0 aromatic heterocycles. The Balaban J connectivity index is 2.02. The highest BCUT2D eigenvalue weighted by Gasteiger charge is 2.30. The number of hydrogen-bond acceptors (Lipinski definition) is 1. The Morgan fingerprint density at radius 1 is 1.00 bits per heavy atom. The summed E-state index contributed by atoms with van der Waals surface area (Å²) in [6, 6.07) is 5.19. The lowest BCUT2D eigenvalue weighted by Gasteiger charge is -2.18. The van der Waals surface area contributed by atoms with Crippen molar-refractivity contribution >= 4 is 5.78 Å². The van der Waals surface area contributed by atoms with Gasteiger partial charge in [-0.3, -0.25) is 4.79 Å². The van der Waals surface area contributed by atoms with Gasteiger partial charge in [-0.15, -0.1) is 0 Å². The van der Waals surface area contributed by atoms with Gasteiger partial charge in [0.2, 0.25) is 0 Å². The van der Waals surface area contributed by atoms with E-state index in [2.05, 4.69) is 0 Å². The lowest BCUT2D eigenvalue weighted by atomic mass is 9.85. The minimum absolute atomic E-state index is 0.0213. The van der Waals surface area contributed by atoms with Crippen molar-refractivity contribution in [2.75, 3.05) is 0 Å². The average molecular weight is 284 g/mol. The summed E-state index contributed by atoms with van der Waals surface area (Å²) in [7, 11) is 0. The van der Waals surface area contributed by atoms with Crippen LogP contribution in [0, 0.1) is 5.92 Å². The molecule has 1 fully saturated rings. The molecule has 0 bridgehead atoms.